The van der Waals surface area contributed by atoms with Gasteiger partial charge in [-0.1, -0.05) is 28.4 Å². The SMILES string of the molecule is C/C(=N/OCC(=O)Nc1ccc(Cl)c(Cl)c1)c1ccc2c(c1)OCCO2. The number of carbonyl (C=O) groups is 1. The van der Waals surface area contributed by atoms with Gasteiger partial charge in [0.05, 0.1) is 15.8 Å². The number of carbonyl (C=O) groups excluding carboxylic acids is 1. The summed E-state index contributed by atoms with van der Waals surface area (Å²) in [7, 11) is 0. The zero-order valence-corrected chi connectivity index (χ0v) is 15.4. The lowest BCUT2D eigenvalue weighted by Crippen LogP contribution is -2.17. The highest BCUT2D eigenvalue weighted by atomic mass is 35.5. The minimum atomic E-state index is -0.359. The number of hydrogen-bond acceptors (Lipinski definition) is 5. The molecule has 2 aromatic carbocycles. The van der Waals surface area contributed by atoms with Crippen LogP contribution in [-0.4, -0.2) is 31.4 Å². The summed E-state index contributed by atoms with van der Waals surface area (Å²) in [5.41, 5.74) is 1.96. The van der Waals surface area contributed by atoms with E-state index in [1.807, 2.05) is 18.2 Å². The van der Waals surface area contributed by atoms with Crippen LogP contribution in [0.2, 0.25) is 10.0 Å². The predicted octanol–water partition coefficient (Wildman–Crippen LogP) is 4.14. The van der Waals surface area contributed by atoms with Gasteiger partial charge in [0.1, 0.15) is 13.2 Å². The molecule has 1 amide bonds. The molecule has 0 saturated heterocycles. The Labute approximate surface area is 160 Å². The molecule has 0 aliphatic carbocycles. The molecule has 136 valence electrons. The van der Waals surface area contributed by atoms with Gasteiger partial charge in [0.25, 0.3) is 5.91 Å². The number of halogens is 2. The summed E-state index contributed by atoms with van der Waals surface area (Å²) in [6, 6.07) is 10.3. The predicted molar refractivity (Wildman–Crippen MR) is 101 cm³/mol. The standard InChI is InChI=1S/C18H16Cl2N2O4/c1-11(12-2-5-16-17(8-12)25-7-6-24-16)22-26-10-18(23)21-13-3-4-14(19)15(20)9-13/h2-5,8-9H,6-7,10H2,1H3,(H,21,23)/b22-11-. The van der Waals surface area contributed by atoms with Crippen LogP contribution < -0.4 is 14.8 Å². The zero-order valence-electron chi connectivity index (χ0n) is 13.9. The number of fused-ring (bicyclic) bond motifs is 1. The number of amides is 1. The van der Waals surface area contributed by atoms with E-state index in [-0.39, 0.29) is 12.5 Å². The molecule has 0 radical (unpaired) electrons. The normalized spacial score (nSPS) is 13.3. The highest BCUT2D eigenvalue weighted by Crippen LogP contribution is 2.31. The van der Waals surface area contributed by atoms with E-state index in [1.165, 1.54) is 0 Å². The van der Waals surface area contributed by atoms with E-state index in [4.69, 9.17) is 37.5 Å². The van der Waals surface area contributed by atoms with E-state index in [1.54, 1.807) is 25.1 Å². The average Bonchev–Trinajstić information content (AvgIpc) is 2.64. The first-order valence-corrected chi connectivity index (χ1v) is 8.60. The number of rotatable bonds is 5. The minimum Gasteiger partial charge on any atom is -0.486 e. The summed E-state index contributed by atoms with van der Waals surface area (Å²) in [4.78, 5) is 17.0. The first-order chi connectivity index (χ1) is 12.5. The maximum atomic E-state index is 11.9. The van der Waals surface area contributed by atoms with Crippen molar-refractivity contribution >= 4 is 40.5 Å². The Kier molecular flexibility index (Phi) is 5.85. The summed E-state index contributed by atoms with van der Waals surface area (Å²) in [5.74, 6) is 1.01. The highest BCUT2D eigenvalue weighted by molar-refractivity contribution is 6.42. The van der Waals surface area contributed by atoms with Crippen LogP contribution in [0, 0.1) is 0 Å². The van der Waals surface area contributed by atoms with Crippen molar-refractivity contribution < 1.29 is 19.1 Å². The summed E-state index contributed by atoms with van der Waals surface area (Å²) in [5, 5.41) is 7.40. The number of benzene rings is 2. The third kappa shape index (κ3) is 4.59. The zero-order chi connectivity index (χ0) is 18.5. The molecule has 1 aliphatic heterocycles. The van der Waals surface area contributed by atoms with Gasteiger partial charge in [-0.3, -0.25) is 4.79 Å². The van der Waals surface area contributed by atoms with Gasteiger partial charge in [-0.2, -0.15) is 0 Å². The van der Waals surface area contributed by atoms with E-state index in [0.717, 1.165) is 5.56 Å². The van der Waals surface area contributed by atoms with Crippen molar-refractivity contribution in [3.05, 3.63) is 52.0 Å². The van der Waals surface area contributed by atoms with Gasteiger partial charge < -0.3 is 19.6 Å². The maximum absolute atomic E-state index is 11.9. The topological polar surface area (TPSA) is 69.2 Å². The molecule has 0 saturated carbocycles. The molecule has 3 rings (SSSR count). The van der Waals surface area contributed by atoms with E-state index in [0.29, 0.717) is 46.2 Å². The molecular weight excluding hydrogens is 379 g/mol. The monoisotopic (exact) mass is 394 g/mol. The van der Waals surface area contributed by atoms with Crippen molar-refractivity contribution in [3.8, 4) is 11.5 Å². The Morgan fingerprint density at radius 2 is 1.88 bits per heavy atom. The second-order valence-corrected chi connectivity index (χ2v) is 6.30. The van der Waals surface area contributed by atoms with E-state index in [2.05, 4.69) is 10.5 Å². The van der Waals surface area contributed by atoms with E-state index in [9.17, 15) is 4.79 Å². The number of hydrogen-bond donors (Lipinski definition) is 1. The Balaban J connectivity index is 1.55. The van der Waals surface area contributed by atoms with Gasteiger partial charge in [-0.05, 0) is 43.3 Å². The summed E-state index contributed by atoms with van der Waals surface area (Å²) in [6.07, 6.45) is 0. The van der Waals surface area contributed by atoms with Crippen LogP contribution in [0.15, 0.2) is 41.6 Å². The Bertz CT molecular complexity index is 855. The molecule has 0 fully saturated rings. The Morgan fingerprint density at radius 1 is 1.12 bits per heavy atom. The molecule has 8 heteroatoms. The second kappa shape index (κ2) is 8.29. The average molecular weight is 395 g/mol. The second-order valence-electron chi connectivity index (χ2n) is 5.49. The fourth-order valence-corrected chi connectivity index (χ4v) is 2.58. The largest absolute Gasteiger partial charge is 0.486 e. The van der Waals surface area contributed by atoms with E-state index >= 15 is 0 Å². The summed E-state index contributed by atoms with van der Waals surface area (Å²) < 4.78 is 11.0. The van der Waals surface area contributed by atoms with Gasteiger partial charge in [0.15, 0.2) is 18.1 Å². The highest BCUT2D eigenvalue weighted by Gasteiger charge is 2.13. The lowest BCUT2D eigenvalue weighted by atomic mass is 10.1. The number of anilines is 1. The molecule has 0 spiro atoms. The van der Waals surface area contributed by atoms with Crippen LogP contribution in [-0.2, 0) is 9.63 Å². The molecular formula is C18H16Cl2N2O4. The molecule has 26 heavy (non-hydrogen) atoms. The van der Waals surface area contributed by atoms with Crippen molar-refractivity contribution in [2.24, 2.45) is 5.16 Å². The van der Waals surface area contributed by atoms with Crippen LogP contribution in [0.25, 0.3) is 0 Å². The van der Waals surface area contributed by atoms with Crippen molar-refractivity contribution in [1.29, 1.82) is 0 Å². The molecule has 0 aromatic heterocycles. The van der Waals surface area contributed by atoms with Crippen LogP contribution in [0.4, 0.5) is 5.69 Å². The van der Waals surface area contributed by atoms with Gasteiger partial charge in [0.2, 0.25) is 0 Å². The van der Waals surface area contributed by atoms with Gasteiger partial charge in [-0.15, -0.1) is 0 Å². The number of nitrogens with one attached hydrogen (secondary N) is 1. The molecule has 2 aromatic rings. The number of oxime groups is 1. The van der Waals surface area contributed by atoms with E-state index < -0.39 is 0 Å². The first kappa shape index (κ1) is 18.4. The summed E-state index contributed by atoms with van der Waals surface area (Å²) in [6.45, 7) is 2.60. The molecule has 0 unspecified atom stereocenters. The quantitative estimate of drug-likeness (QED) is 0.610. The molecule has 1 aliphatic rings. The third-order valence-corrected chi connectivity index (χ3v) is 4.30. The minimum absolute atomic E-state index is 0.234. The van der Waals surface area contributed by atoms with Crippen LogP contribution in [0.3, 0.4) is 0 Å². The Hall–Kier alpha value is -2.44. The molecule has 6 nitrogen and oxygen atoms in total. The number of nitrogens with zero attached hydrogens (tertiary/aromatic N) is 1. The first-order valence-electron chi connectivity index (χ1n) is 7.84. The van der Waals surface area contributed by atoms with Gasteiger partial charge in [-0.25, -0.2) is 0 Å². The van der Waals surface area contributed by atoms with Crippen LogP contribution in [0.5, 0.6) is 11.5 Å². The molecule has 0 bridgehead atoms. The molecule has 0 atom stereocenters. The van der Waals surface area contributed by atoms with Gasteiger partial charge in [0, 0.05) is 11.3 Å². The van der Waals surface area contributed by atoms with Crippen LogP contribution >= 0.6 is 23.2 Å². The fraction of sp³-hybridized carbons (Fsp3) is 0.222. The fourth-order valence-electron chi connectivity index (χ4n) is 2.28. The summed E-state index contributed by atoms with van der Waals surface area (Å²) >= 11 is 11.7. The van der Waals surface area contributed by atoms with Crippen LogP contribution in [0.1, 0.15) is 12.5 Å². The van der Waals surface area contributed by atoms with Crippen molar-refractivity contribution in [2.45, 2.75) is 6.92 Å². The Morgan fingerprint density at radius 3 is 2.65 bits per heavy atom. The lowest BCUT2D eigenvalue weighted by molar-refractivity contribution is -0.120. The van der Waals surface area contributed by atoms with Gasteiger partial charge >= 0.3 is 0 Å². The molecule has 1 N–H and O–H groups in total. The number of ether oxygens (including phenoxy) is 2. The van der Waals surface area contributed by atoms with Crippen molar-refractivity contribution in [1.82, 2.24) is 0 Å². The van der Waals surface area contributed by atoms with Crippen molar-refractivity contribution in [2.75, 3.05) is 25.1 Å². The lowest BCUT2D eigenvalue weighted by Gasteiger charge is -2.18. The third-order valence-electron chi connectivity index (χ3n) is 3.56. The maximum Gasteiger partial charge on any atom is 0.265 e. The smallest absolute Gasteiger partial charge is 0.265 e. The molecule has 1 heterocycles. The van der Waals surface area contributed by atoms with Crippen molar-refractivity contribution in [3.63, 3.8) is 0 Å².